The lowest BCUT2D eigenvalue weighted by Gasteiger charge is -2.24. The molecule has 0 heterocycles. The summed E-state index contributed by atoms with van der Waals surface area (Å²) in [5, 5.41) is 0. The van der Waals surface area contributed by atoms with E-state index in [4.69, 9.17) is 11.5 Å². The standard InChI is InChI=1S/C7H16N2.H2/c8-5-6-1-3-7(9)4-2-6;/h6-7H,1-5,8-9H2;1H. The van der Waals surface area contributed by atoms with Gasteiger partial charge in [-0.05, 0) is 38.1 Å². The zero-order valence-electron chi connectivity index (χ0n) is 5.84. The van der Waals surface area contributed by atoms with E-state index in [1.807, 2.05) is 0 Å². The van der Waals surface area contributed by atoms with E-state index in [-0.39, 0.29) is 1.43 Å². The summed E-state index contributed by atoms with van der Waals surface area (Å²) in [6.07, 6.45) is 4.86. The van der Waals surface area contributed by atoms with Crippen LogP contribution >= 0.6 is 0 Å². The molecule has 9 heavy (non-hydrogen) atoms. The van der Waals surface area contributed by atoms with Crippen LogP contribution in [0.2, 0.25) is 0 Å². The van der Waals surface area contributed by atoms with Crippen molar-refractivity contribution in [3.8, 4) is 0 Å². The summed E-state index contributed by atoms with van der Waals surface area (Å²) in [5.74, 6) is 0.768. The van der Waals surface area contributed by atoms with Gasteiger partial charge in [0.2, 0.25) is 0 Å². The van der Waals surface area contributed by atoms with Gasteiger partial charge in [-0.2, -0.15) is 0 Å². The molecule has 0 atom stereocenters. The molecule has 0 saturated heterocycles. The Hall–Kier alpha value is -0.0800. The van der Waals surface area contributed by atoms with E-state index < -0.39 is 0 Å². The summed E-state index contributed by atoms with van der Waals surface area (Å²) in [6, 6.07) is 0.466. The molecule has 1 saturated carbocycles. The van der Waals surface area contributed by atoms with E-state index in [0.717, 1.165) is 12.5 Å². The molecule has 0 amide bonds. The van der Waals surface area contributed by atoms with Crippen molar-refractivity contribution in [1.29, 1.82) is 0 Å². The maximum Gasteiger partial charge on any atom is 0.00390 e. The molecule has 0 bridgehead atoms. The van der Waals surface area contributed by atoms with Gasteiger partial charge in [-0.15, -0.1) is 0 Å². The molecule has 0 unspecified atom stereocenters. The van der Waals surface area contributed by atoms with E-state index in [0.29, 0.717) is 6.04 Å². The first-order valence-electron chi connectivity index (χ1n) is 3.78. The van der Waals surface area contributed by atoms with Crippen molar-refractivity contribution < 1.29 is 1.43 Å². The molecule has 0 aromatic carbocycles. The fraction of sp³-hybridized carbons (Fsp3) is 1.00. The Kier molecular flexibility index (Phi) is 2.49. The van der Waals surface area contributed by atoms with Crippen LogP contribution in [0.3, 0.4) is 0 Å². The minimum Gasteiger partial charge on any atom is -0.330 e. The molecular weight excluding hydrogens is 112 g/mol. The van der Waals surface area contributed by atoms with Gasteiger partial charge in [0.1, 0.15) is 0 Å². The van der Waals surface area contributed by atoms with Gasteiger partial charge >= 0.3 is 0 Å². The monoisotopic (exact) mass is 130 g/mol. The molecule has 2 heteroatoms. The van der Waals surface area contributed by atoms with Crippen LogP contribution < -0.4 is 11.5 Å². The molecule has 0 aromatic heterocycles. The van der Waals surface area contributed by atoms with Crippen LogP contribution in [0.15, 0.2) is 0 Å². The van der Waals surface area contributed by atoms with Crippen molar-refractivity contribution in [1.82, 2.24) is 0 Å². The summed E-state index contributed by atoms with van der Waals surface area (Å²) in [5.41, 5.74) is 11.2. The van der Waals surface area contributed by atoms with E-state index in [1.54, 1.807) is 0 Å². The van der Waals surface area contributed by atoms with Gasteiger partial charge in [-0.25, -0.2) is 0 Å². The Morgan fingerprint density at radius 3 is 2.22 bits per heavy atom. The Bertz CT molecular complexity index is 79.7. The van der Waals surface area contributed by atoms with Gasteiger partial charge in [-0.3, -0.25) is 0 Å². The third-order valence-corrected chi connectivity index (χ3v) is 2.22. The Balaban J connectivity index is 0.000000810. The molecule has 1 fully saturated rings. The van der Waals surface area contributed by atoms with Gasteiger partial charge in [-0.1, -0.05) is 0 Å². The largest absolute Gasteiger partial charge is 0.330 e. The van der Waals surface area contributed by atoms with E-state index in [2.05, 4.69) is 0 Å². The van der Waals surface area contributed by atoms with Crippen LogP contribution in [0.5, 0.6) is 0 Å². The minimum absolute atomic E-state index is 0. The van der Waals surface area contributed by atoms with Crippen molar-refractivity contribution in [2.75, 3.05) is 6.54 Å². The van der Waals surface area contributed by atoms with Crippen LogP contribution in [0, 0.1) is 5.92 Å². The third-order valence-electron chi connectivity index (χ3n) is 2.22. The average Bonchev–Trinajstić information content (AvgIpc) is 1.90. The first-order chi connectivity index (χ1) is 4.33. The predicted octanol–water partition coefficient (Wildman–Crippen LogP) is 0.709. The Labute approximate surface area is 58.1 Å². The molecule has 0 spiro atoms. The number of hydrogen-bond donors (Lipinski definition) is 2. The summed E-state index contributed by atoms with van der Waals surface area (Å²) < 4.78 is 0. The fourth-order valence-electron chi connectivity index (χ4n) is 1.42. The van der Waals surface area contributed by atoms with Crippen molar-refractivity contribution in [3.05, 3.63) is 0 Å². The molecule has 56 valence electrons. The molecular formula is C7H18N2. The molecule has 0 radical (unpaired) electrons. The average molecular weight is 130 g/mol. The van der Waals surface area contributed by atoms with Crippen molar-refractivity contribution in [2.24, 2.45) is 17.4 Å². The molecule has 4 N–H and O–H groups in total. The minimum atomic E-state index is 0. The highest BCUT2D eigenvalue weighted by Gasteiger charge is 2.16. The zero-order valence-corrected chi connectivity index (χ0v) is 5.84. The second-order valence-electron chi connectivity index (χ2n) is 3.02. The summed E-state index contributed by atoms with van der Waals surface area (Å²) >= 11 is 0. The lowest BCUT2D eigenvalue weighted by molar-refractivity contribution is 0.333. The molecule has 0 aromatic rings. The van der Waals surface area contributed by atoms with E-state index in [1.165, 1.54) is 25.7 Å². The third kappa shape index (κ3) is 1.95. The smallest absolute Gasteiger partial charge is 0.00390 e. The van der Waals surface area contributed by atoms with Gasteiger partial charge in [0, 0.05) is 7.47 Å². The zero-order chi connectivity index (χ0) is 6.69. The highest BCUT2D eigenvalue weighted by molar-refractivity contribution is 4.74. The Morgan fingerprint density at radius 1 is 1.22 bits per heavy atom. The van der Waals surface area contributed by atoms with Crippen LogP contribution in [-0.4, -0.2) is 12.6 Å². The topological polar surface area (TPSA) is 52.0 Å². The van der Waals surface area contributed by atoms with Crippen molar-refractivity contribution in [3.63, 3.8) is 0 Å². The molecule has 1 aliphatic carbocycles. The highest BCUT2D eigenvalue weighted by atomic mass is 14.6. The lowest BCUT2D eigenvalue weighted by Crippen LogP contribution is -2.29. The first kappa shape index (κ1) is 7.03. The summed E-state index contributed by atoms with van der Waals surface area (Å²) in [4.78, 5) is 0. The van der Waals surface area contributed by atoms with Gasteiger partial charge in [0.15, 0.2) is 0 Å². The number of hydrogen-bond acceptors (Lipinski definition) is 2. The van der Waals surface area contributed by atoms with Crippen molar-refractivity contribution >= 4 is 0 Å². The fourth-order valence-corrected chi connectivity index (χ4v) is 1.42. The lowest BCUT2D eigenvalue weighted by atomic mass is 9.87. The maximum atomic E-state index is 5.71. The predicted molar refractivity (Wildman–Crippen MR) is 41.1 cm³/mol. The maximum absolute atomic E-state index is 5.71. The molecule has 2 nitrogen and oxygen atoms in total. The SMILES string of the molecule is NCC1CCC(N)CC1.[HH]. The summed E-state index contributed by atoms with van der Waals surface area (Å²) in [6.45, 7) is 0.854. The Morgan fingerprint density at radius 2 is 1.78 bits per heavy atom. The molecule has 1 rings (SSSR count). The van der Waals surface area contributed by atoms with Crippen LogP contribution in [0.4, 0.5) is 0 Å². The number of nitrogens with two attached hydrogens (primary N) is 2. The van der Waals surface area contributed by atoms with Gasteiger partial charge in [0.25, 0.3) is 0 Å². The normalized spacial score (nSPS) is 36.7. The van der Waals surface area contributed by atoms with Crippen LogP contribution in [0.25, 0.3) is 0 Å². The van der Waals surface area contributed by atoms with Crippen LogP contribution in [-0.2, 0) is 0 Å². The van der Waals surface area contributed by atoms with E-state index >= 15 is 0 Å². The molecule has 1 aliphatic rings. The second-order valence-corrected chi connectivity index (χ2v) is 3.02. The quantitative estimate of drug-likeness (QED) is 0.549. The van der Waals surface area contributed by atoms with E-state index in [9.17, 15) is 0 Å². The second kappa shape index (κ2) is 3.18. The first-order valence-corrected chi connectivity index (χ1v) is 3.78. The highest BCUT2D eigenvalue weighted by Crippen LogP contribution is 2.21. The number of rotatable bonds is 1. The van der Waals surface area contributed by atoms with Gasteiger partial charge < -0.3 is 11.5 Å². The molecule has 0 aliphatic heterocycles. The van der Waals surface area contributed by atoms with Gasteiger partial charge in [0.05, 0.1) is 0 Å². The summed E-state index contributed by atoms with van der Waals surface area (Å²) in [7, 11) is 0. The van der Waals surface area contributed by atoms with Crippen LogP contribution in [0.1, 0.15) is 27.1 Å². The van der Waals surface area contributed by atoms with Crippen molar-refractivity contribution in [2.45, 2.75) is 31.7 Å².